The number of aliphatic carboxylic acids is 1. The quantitative estimate of drug-likeness (QED) is 0.783. The first kappa shape index (κ1) is 18.9. The largest absolute Gasteiger partial charge is 0.479 e. The smallest absolute Gasteiger partial charge is 0.411 e. The maximum atomic E-state index is 12.6. The van der Waals surface area contributed by atoms with Gasteiger partial charge in [-0.25, -0.2) is 9.59 Å². The minimum absolute atomic E-state index is 0.0754. The van der Waals surface area contributed by atoms with Gasteiger partial charge >= 0.3 is 12.1 Å². The van der Waals surface area contributed by atoms with Crippen molar-refractivity contribution in [3.8, 4) is 0 Å². The molecule has 1 aromatic carbocycles. The molecule has 0 fully saturated rings. The number of hydrogen-bond donors (Lipinski definition) is 1. The second-order valence-corrected chi connectivity index (χ2v) is 6.63. The van der Waals surface area contributed by atoms with Gasteiger partial charge in [-0.15, -0.1) is 0 Å². The molecule has 0 saturated carbocycles. The minimum Gasteiger partial charge on any atom is -0.479 e. The molecule has 132 valence electrons. The van der Waals surface area contributed by atoms with Crippen molar-refractivity contribution in [1.82, 2.24) is 9.88 Å². The Morgan fingerprint density at radius 1 is 1.24 bits per heavy atom. The van der Waals surface area contributed by atoms with Gasteiger partial charge in [-0.2, -0.15) is 0 Å². The van der Waals surface area contributed by atoms with E-state index in [1.165, 1.54) is 11.1 Å². The zero-order valence-electron chi connectivity index (χ0n) is 13.9. The SMILES string of the molecule is CC(C)N(C(=O)OCc1ccccc1)C(C(=O)O)c1cncc(Br)c1. The Morgan fingerprint density at radius 3 is 2.48 bits per heavy atom. The molecule has 7 heteroatoms. The van der Waals surface area contributed by atoms with Crippen molar-refractivity contribution in [1.29, 1.82) is 0 Å². The van der Waals surface area contributed by atoms with Gasteiger partial charge in [0.1, 0.15) is 6.61 Å². The van der Waals surface area contributed by atoms with Gasteiger partial charge in [0.25, 0.3) is 0 Å². The van der Waals surface area contributed by atoms with Crippen molar-refractivity contribution in [3.05, 3.63) is 64.4 Å². The fraction of sp³-hybridized carbons (Fsp3) is 0.278. The molecule has 1 amide bonds. The van der Waals surface area contributed by atoms with Gasteiger partial charge in [0.2, 0.25) is 0 Å². The maximum absolute atomic E-state index is 12.6. The van der Waals surface area contributed by atoms with E-state index in [1.807, 2.05) is 30.3 Å². The van der Waals surface area contributed by atoms with Gasteiger partial charge < -0.3 is 9.84 Å². The lowest BCUT2D eigenvalue weighted by Crippen LogP contribution is -2.43. The van der Waals surface area contributed by atoms with E-state index in [-0.39, 0.29) is 12.6 Å². The number of carboxylic acid groups (broad SMARTS) is 1. The molecule has 2 aromatic rings. The summed E-state index contributed by atoms with van der Waals surface area (Å²) >= 11 is 3.27. The van der Waals surface area contributed by atoms with Gasteiger partial charge in [0.05, 0.1) is 0 Å². The average molecular weight is 407 g/mol. The van der Waals surface area contributed by atoms with Crippen molar-refractivity contribution in [2.75, 3.05) is 0 Å². The summed E-state index contributed by atoms with van der Waals surface area (Å²) in [6, 6.07) is 9.29. The molecule has 25 heavy (non-hydrogen) atoms. The van der Waals surface area contributed by atoms with Crippen molar-refractivity contribution in [2.45, 2.75) is 32.5 Å². The molecular formula is C18H19BrN2O4. The van der Waals surface area contributed by atoms with Crippen LogP contribution in [0.5, 0.6) is 0 Å². The first-order chi connectivity index (χ1) is 11.9. The molecule has 1 aromatic heterocycles. The lowest BCUT2D eigenvalue weighted by atomic mass is 10.1. The van der Waals surface area contributed by atoms with Crippen molar-refractivity contribution in [3.63, 3.8) is 0 Å². The fourth-order valence-corrected chi connectivity index (χ4v) is 2.79. The van der Waals surface area contributed by atoms with Crippen LogP contribution in [0.2, 0.25) is 0 Å². The summed E-state index contributed by atoms with van der Waals surface area (Å²) in [5.41, 5.74) is 1.22. The van der Waals surface area contributed by atoms with E-state index < -0.39 is 18.1 Å². The van der Waals surface area contributed by atoms with Gasteiger partial charge in [0, 0.05) is 28.5 Å². The van der Waals surface area contributed by atoms with Crippen LogP contribution < -0.4 is 0 Å². The lowest BCUT2D eigenvalue weighted by molar-refractivity contribution is -0.143. The van der Waals surface area contributed by atoms with Gasteiger partial charge in [-0.05, 0) is 41.4 Å². The molecule has 0 spiro atoms. The number of pyridine rings is 1. The number of carboxylic acids is 1. The van der Waals surface area contributed by atoms with Crippen LogP contribution in [-0.2, 0) is 16.1 Å². The molecule has 1 heterocycles. The molecule has 0 bridgehead atoms. The summed E-state index contributed by atoms with van der Waals surface area (Å²) in [5.74, 6) is -1.15. The number of hydrogen-bond acceptors (Lipinski definition) is 4. The third-order valence-electron chi connectivity index (χ3n) is 3.53. The molecule has 0 saturated heterocycles. The summed E-state index contributed by atoms with van der Waals surface area (Å²) in [5, 5.41) is 9.68. The van der Waals surface area contributed by atoms with Crippen LogP contribution in [0, 0.1) is 0 Å². The standard InChI is InChI=1S/C18H19BrN2O4/c1-12(2)21(18(24)25-11-13-6-4-3-5-7-13)16(17(22)23)14-8-15(19)10-20-9-14/h3-10,12,16H,11H2,1-2H3,(H,22,23). The van der Waals surface area contributed by atoms with E-state index in [2.05, 4.69) is 20.9 Å². The summed E-state index contributed by atoms with van der Waals surface area (Å²) in [4.78, 5) is 29.6. The van der Waals surface area contributed by atoms with Gasteiger partial charge in [-0.3, -0.25) is 9.88 Å². The zero-order chi connectivity index (χ0) is 18.4. The predicted octanol–water partition coefficient (Wildman–Crippen LogP) is 4.02. The second kappa shape index (κ2) is 8.62. The number of amides is 1. The van der Waals surface area contributed by atoms with Crippen molar-refractivity contribution < 1.29 is 19.4 Å². The van der Waals surface area contributed by atoms with E-state index in [0.29, 0.717) is 10.0 Å². The summed E-state index contributed by atoms with van der Waals surface area (Å²) < 4.78 is 5.96. The minimum atomic E-state index is -1.19. The molecule has 0 aliphatic carbocycles. The second-order valence-electron chi connectivity index (χ2n) is 5.72. The van der Waals surface area contributed by atoms with Gasteiger partial charge in [0.15, 0.2) is 6.04 Å². The highest BCUT2D eigenvalue weighted by Crippen LogP contribution is 2.26. The van der Waals surface area contributed by atoms with Crippen LogP contribution in [0.1, 0.15) is 31.0 Å². The summed E-state index contributed by atoms with van der Waals surface area (Å²) in [6.45, 7) is 3.56. The van der Waals surface area contributed by atoms with Crippen LogP contribution in [0.3, 0.4) is 0 Å². The van der Waals surface area contributed by atoms with Crippen LogP contribution in [0.25, 0.3) is 0 Å². The topological polar surface area (TPSA) is 79.7 Å². The molecule has 2 rings (SSSR count). The van der Waals surface area contributed by atoms with Crippen molar-refractivity contribution in [2.24, 2.45) is 0 Å². The Hall–Kier alpha value is -2.41. The maximum Gasteiger partial charge on any atom is 0.411 e. The molecule has 1 N–H and O–H groups in total. The number of carbonyl (C=O) groups excluding carboxylic acids is 1. The molecule has 1 unspecified atom stereocenters. The van der Waals surface area contributed by atoms with E-state index in [1.54, 1.807) is 26.1 Å². The lowest BCUT2D eigenvalue weighted by Gasteiger charge is -2.31. The highest BCUT2D eigenvalue weighted by Gasteiger charge is 2.34. The third kappa shape index (κ3) is 5.03. The first-order valence-electron chi connectivity index (χ1n) is 7.72. The average Bonchev–Trinajstić information content (AvgIpc) is 2.57. The number of aromatic nitrogens is 1. The Labute approximate surface area is 154 Å². The number of nitrogens with zero attached hydrogens (tertiary/aromatic N) is 2. The van der Waals surface area contributed by atoms with Crippen LogP contribution >= 0.6 is 15.9 Å². The van der Waals surface area contributed by atoms with E-state index in [9.17, 15) is 14.7 Å². The summed E-state index contributed by atoms with van der Waals surface area (Å²) in [6.07, 6.45) is 2.30. The van der Waals surface area contributed by atoms with E-state index in [0.717, 1.165) is 5.56 Å². The molecule has 0 aliphatic heterocycles. The Kier molecular flexibility index (Phi) is 6.52. The zero-order valence-corrected chi connectivity index (χ0v) is 15.5. The van der Waals surface area contributed by atoms with E-state index in [4.69, 9.17) is 4.74 Å². The Balaban J connectivity index is 2.24. The normalized spacial score (nSPS) is 11.8. The van der Waals surface area contributed by atoms with Crippen molar-refractivity contribution >= 4 is 28.0 Å². The molecule has 1 atom stereocenters. The third-order valence-corrected chi connectivity index (χ3v) is 3.96. The highest BCUT2D eigenvalue weighted by atomic mass is 79.9. The molecule has 0 radical (unpaired) electrons. The van der Waals surface area contributed by atoms with Crippen LogP contribution in [-0.4, -0.2) is 33.1 Å². The van der Waals surface area contributed by atoms with E-state index >= 15 is 0 Å². The fourth-order valence-electron chi connectivity index (χ4n) is 2.41. The number of halogens is 1. The molecule has 0 aliphatic rings. The van der Waals surface area contributed by atoms with Gasteiger partial charge in [-0.1, -0.05) is 30.3 Å². The number of rotatable bonds is 6. The first-order valence-corrected chi connectivity index (χ1v) is 8.51. The monoisotopic (exact) mass is 406 g/mol. The Bertz CT molecular complexity index is 737. The Morgan fingerprint density at radius 2 is 1.92 bits per heavy atom. The number of ether oxygens (including phenoxy) is 1. The number of carbonyl (C=O) groups is 2. The highest BCUT2D eigenvalue weighted by molar-refractivity contribution is 9.10. The number of benzene rings is 1. The molecular weight excluding hydrogens is 388 g/mol. The summed E-state index contributed by atoms with van der Waals surface area (Å²) in [7, 11) is 0. The van der Waals surface area contributed by atoms with Crippen LogP contribution in [0.15, 0.2) is 53.3 Å². The molecule has 6 nitrogen and oxygen atoms in total. The van der Waals surface area contributed by atoms with Crippen LogP contribution in [0.4, 0.5) is 4.79 Å². The predicted molar refractivity (Wildman–Crippen MR) is 95.9 cm³/mol.